The van der Waals surface area contributed by atoms with Crippen molar-refractivity contribution in [3.8, 4) is 23.0 Å². The lowest BCUT2D eigenvalue weighted by molar-refractivity contribution is -0.123. The summed E-state index contributed by atoms with van der Waals surface area (Å²) in [4.78, 5) is 12.1. The molecule has 0 aliphatic heterocycles. The number of ether oxygens (including phenoxy) is 4. The van der Waals surface area contributed by atoms with E-state index in [1.54, 1.807) is 45.6 Å². The van der Waals surface area contributed by atoms with Crippen LogP contribution >= 0.6 is 0 Å². The maximum absolute atomic E-state index is 12.1. The molecule has 0 fully saturated rings. The van der Waals surface area contributed by atoms with Crippen LogP contribution in [0.3, 0.4) is 0 Å². The van der Waals surface area contributed by atoms with Crippen molar-refractivity contribution in [1.29, 1.82) is 0 Å². The van der Waals surface area contributed by atoms with Gasteiger partial charge in [0.05, 0.1) is 27.4 Å². The van der Waals surface area contributed by atoms with E-state index >= 15 is 0 Å². The maximum atomic E-state index is 12.1. The van der Waals surface area contributed by atoms with E-state index < -0.39 is 0 Å². The number of carbonyl (C=O) groups excluding carboxylic acids is 1. The molecular weight excluding hydrogens is 322 g/mol. The molecule has 0 bridgehead atoms. The van der Waals surface area contributed by atoms with Crippen LogP contribution in [0.2, 0.25) is 0 Å². The first-order chi connectivity index (χ1) is 12.1. The van der Waals surface area contributed by atoms with Gasteiger partial charge in [-0.05, 0) is 49.4 Å². The third-order valence-electron chi connectivity index (χ3n) is 3.71. The molecule has 0 saturated heterocycles. The number of hydrogen-bond donors (Lipinski definition) is 1. The molecule has 134 valence electrons. The fraction of sp³-hybridized carbons (Fsp3) is 0.316. The van der Waals surface area contributed by atoms with Crippen molar-refractivity contribution in [3.05, 3.63) is 48.0 Å². The van der Waals surface area contributed by atoms with E-state index in [0.29, 0.717) is 17.2 Å². The highest BCUT2D eigenvalue weighted by Crippen LogP contribution is 2.29. The van der Waals surface area contributed by atoms with Gasteiger partial charge >= 0.3 is 0 Å². The molecule has 25 heavy (non-hydrogen) atoms. The molecule has 0 aliphatic carbocycles. The number of nitrogens with one attached hydrogen (secondary N) is 1. The number of carbonyl (C=O) groups is 1. The van der Waals surface area contributed by atoms with E-state index in [1.807, 2.05) is 25.1 Å². The van der Waals surface area contributed by atoms with Crippen LogP contribution in [0.5, 0.6) is 23.0 Å². The zero-order valence-electron chi connectivity index (χ0n) is 14.9. The van der Waals surface area contributed by atoms with E-state index in [0.717, 1.165) is 11.3 Å². The SMILES string of the molecule is COc1ccc(OCC(=O)N[C@H](C)c2cc(OC)ccc2OC)cc1. The molecule has 2 aromatic rings. The highest BCUT2D eigenvalue weighted by Gasteiger charge is 2.15. The van der Waals surface area contributed by atoms with Crippen molar-refractivity contribution in [2.75, 3.05) is 27.9 Å². The fourth-order valence-corrected chi connectivity index (χ4v) is 2.36. The topological polar surface area (TPSA) is 66.0 Å². The van der Waals surface area contributed by atoms with Crippen LogP contribution in [0.1, 0.15) is 18.5 Å². The van der Waals surface area contributed by atoms with E-state index in [-0.39, 0.29) is 18.6 Å². The van der Waals surface area contributed by atoms with E-state index in [4.69, 9.17) is 18.9 Å². The molecule has 6 nitrogen and oxygen atoms in total. The van der Waals surface area contributed by atoms with Crippen molar-refractivity contribution in [1.82, 2.24) is 5.32 Å². The number of amides is 1. The Balaban J connectivity index is 1.95. The molecule has 2 aromatic carbocycles. The summed E-state index contributed by atoms with van der Waals surface area (Å²) in [7, 11) is 4.78. The predicted molar refractivity (Wildman–Crippen MR) is 94.6 cm³/mol. The van der Waals surface area contributed by atoms with Crippen LogP contribution in [-0.2, 0) is 4.79 Å². The van der Waals surface area contributed by atoms with Gasteiger partial charge in [-0.1, -0.05) is 0 Å². The molecule has 6 heteroatoms. The Morgan fingerprint density at radius 1 is 0.920 bits per heavy atom. The Kier molecular flexibility index (Phi) is 6.51. The Labute approximate surface area is 147 Å². The van der Waals surface area contributed by atoms with E-state index in [1.165, 1.54) is 0 Å². The van der Waals surface area contributed by atoms with Gasteiger partial charge in [-0.2, -0.15) is 0 Å². The van der Waals surface area contributed by atoms with Crippen LogP contribution in [0, 0.1) is 0 Å². The fourth-order valence-electron chi connectivity index (χ4n) is 2.36. The first-order valence-corrected chi connectivity index (χ1v) is 7.85. The highest BCUT2D eigenvalue weighted by molar-refractivity contribution is 5.78. The lowest BCUT2D eigenvalue weighted by atomic mass is 10.1. The zero-order chi connectivity index (χ0) is 18.2. The number of hydrogen-bond acceptors (Lipinski definition) is 5. The summed E-state index contributed by atoms with van der Waals surface area (Å²) in [5, 5.41) is 2.89. The minimum atomic E-state index is -0.253. The number of benzene rings is 2. The summed E-state index contributed by atoms with van der Waals surface area (Å²) in [6.07, 6.45) is 0. The minimum absolute atomic E-state index is 0.0804. The highest BCUT2D eigenvalue weighted by atomic mass is 16.5. The molecule has 1 N–H and O–H groups in total. The first-order valence-electron chi connectivity index (χ1n) is 7.85. The second-order valence-corrected chi connectivity index (χ2v) is 5.36. The summed E-state index contributed by atoms with van der Waals surface area (Å²) in [5.74, 6) is 2.49. The third-order valence-corrected chi connectivity index (χ3v) is 3.71. The summed E-state index contributed by atoms with van der Waals surface area (Å²) in [6.45, 7) is 1.80. The quantitative estimate of drug-likeness (QED) is 0.797. The van der Waals surface area contributed by atoms with Gasteiger partial charge in [0.15, 0.2) is 6.61 Å². The molecule has 0 aliphatic rings. The Morgan fingerprint density at radius 2 is 1.52 bits per heavy atom. The van der Waals surface area contributed by atoms with Crippen LogP contribution in [0.25, 0.3) is 0 Å². The Morgan fingerprint density at radius 3 is 2.12 bits per heavy atom. The average molecular weight is 345 g/mol. The van der Waals surface area contributed by atoms with Crippen LogP contribution in [-0.4, -0.2) is 33.8 Å². The van der Waals surface area contributed by atoms with Crippen molar-refractivity contribution in [2.24, 2.45) is 0 Å². The van der Waals surface area contributed by atoms with Gasteiger partial charge in [-0.3, -0.25) is 4.79 Å². The van der Waals surface area contributed by atoms with Gasteiger partial charge in [0.1, 0.15) is 23.0 Å². The average Bonchev–Trinajstić information content (AvgIpc) is 2.66. The monoisotopic (exact) mass is 345 g/mol. The van der Waals surface area contributed by atoms with Gasteiger partial charge in [0.2, 0.25) is 0 Å². The summed E-state index contributed by atoms with van der Waals surface area (Å²) >= 11 is 0. The molecule has 1 amide bonds. The van der Waals surface area contributed by atoms with Gasteiger partial charge in [0, 0.05) is 5.56 Å². The van der Waals surface area contributed by atoms with Gasteiger partial charge < -0.3 is 24.3 Å². The summed E-state index contributed by atoms with van der Waals surface area (Å²) in [5.41, 5.74) is 0.833. The van der Waals surface area contributed by atoms with Crippen LogP contribution < -0.4 is 24.3 Å². The molecule has 0 heterocycles. The molecule has 1 atom stereocenters. The maximum Gasteiger partial charge on any atom is 0.258 e. The van der Waals surface area contributed by atoms with E-state index in [2.05, 4.69) is 5.32 Å². The summed E-state index contributed by atoms with van der Waals surface area (Å²) < 4.78 is 21.1. The number of methoxy groups -OCH3 is 3. The van der Waals surface area contributed by atoms with Crippen molar-refractivity contribution in [2.45, 2.75) is 13.0 Å². The molecule has 0 saturated carbocycles. The molecule has 0 radical (unpaired) electrons. The Hall–Kier alpha value is -2.89. The van der Waals surface area contributed by atoms with E-state index in [9.17, 15) is 4.79 Å². The number of rotatable bonds is 8. The van der Waals surface area contributed by atoms with Gasteiger partial charge in [-0.15, -0.1) is 0 Å². The zero-order valence-corrected chi connectivity index (χ0v) is 14.9. The Bertz CT molecular complexity index is 699. The standard InChI is InChI=1S/C19H23NO5/c1-13(17-11-16(23-3)9-10-18(17)24-4)20-19(21)12-25-15-7-5-14(22-2)6-8-15/h5-11,13H,12H2,1-4H3,(H,20,21)/t13-/m1/s1. The lowest BCUT2D eigenvalue weighted by Crippen LogP contribution is -2.31. The molecule has 0 unspecified atom stereocenters. The van der Waals surface area contributed by atoms with Gasteiger partial charge in [-0.25, -0.2) is 0 Å². The molecular formula is C19H23NO5. The third kappa shape index (κ3) is 5.04. The van der Waals surface area contributed by atoms with Crippen LogP contribution in [0.15, 0.2) is 42.5 Å². The van der Waals surface area contributed by atoms with Gasteiger partial charge in [0.25, 0.3) is 5.91 Å². The largest absolute Gasteiger partial charge is 0.497 e. The second-order valence-electron chi connectivity index (χ2n) is 5.36. The molecule has 2 rings (SSSR count). The normalized spacial score (nSPS) is 11.4. The van der Waals surface area contributed by atoms with Crippen LogP contribution in [0.4, 0.5) is 0 Å². The predicted octanol–water partition coefficient (Wildman–Crippen LogP) is 2.97. The van der Waals surface area contributed by atoms with Crippen molar-refractivity contribution < 1.29 is 23.7 Å². The van der Waals surface area contributed by atoms with Crippen molar-refractivity contribution in [3.63, 3.8) is 0 Å². The minimum Gasteiger partial charge on any atom is -0.497 e. The lowest BCUT2D eigenvalue weighted by Gasteiger charge is -2.18. The second kappa shape index (κ2) is 8.82. The molecule has 0 spiro atoms. The molecule has 0 aromatic heterocycles. The summed E-state index contributed by atoms with van der Waals surface area (Å²) in [6, 6.07) is 12.3. The van der Waals surface area contributed by atoms with Crippen molar-refractivity contribution >= 4 is 5.91 Å². The smallest absolute Gasteiger partial charge is 0.258 e. The first kappa shape index (κ1) is 18.4.